The largest absolute Gasteiger partial charge is 0.366 e. The maximum Gasteiger partial charge on any atom is 0.248 e. The van der Waals surface area contributed by atoms with Crippen molar-refractivity contribution in [1.29, 1.82) is 0 Å². The molecule has 0 aromatic heterocycles. The van der Waals surface area contributed by atoms with E-state index in [1.165, 1.54) is 19.3 Å². The third-order valence-electron chi connectivity index (χ3n) is 2.79. The van der Waals surface area contributed by atoms with Gasteiger partial charge in [-0.25, -0.2) is 0 Å². The van der Waals surface area contributed by atoms with Gasteiger partial charge in [-0.3, -0.25) is 4.79 Å². The fourth-order valence-corrected chi connectivity index (χ4v) is 1.73. The molecule has 14 heavy (non-hydrogen) atoms. The zero-order valence-electron chi connectivity index (χ0n) is 8.07. The molecular formula is C12H14NO. The Morgan fingerprint density at radius 3 is 2.64 bits per heavy atom. The molecule has 73 valence electrons. The Labute approximate surface area is 84.1 Å². The van der Waals surface area contributed by atoms with E-state index in [1.807, 2.05) is 18.2 Å². The van der Waals surface area contributed by atoms with Crippen LogP contribution >= 0.6 is 0 Å². The summed E-state index contributed by atoms with van der Waals surface area (Å²) in [5.41, 5.74) is 6.92. The molecule has 1 fully saturated rings. The van der Waals surface area contributed by atoms with Gasteiger partial charge in [0.25, 0.3) is 0 Å². The lowest BCUT2D eigenvalue weighted by molar-refractivity contribution is 0.0999. The van der Waals surface area contributed by atoms with Crippen molar-refractivity contribution in [2.75, 3.05) is 0 Å². The van der Waals surface area contributed by atoms with Gasteiger partial charge in [-0.15, -0.1) is 0 Å². The minimum atomic E-state index is -0.337. The number of hydrogen-bond acceptors (Lipinski definition) is 1. The first-order chi connectivity index (χ1) is 6.77. The summed E-state index contributed by atoms with van der Waals surface area (Å²) in [7, 11) is 0. The Morgan fingerprint density at radius 2 is 2.07 bits per heavy atom. The minimum Gasteiger partial charge on any atom is -0.366 e. The molecule has 0 heterocycles. The first-order valence-electron chi connectivity index (χ1n) is 5.01. The summed E-state index contributed by atoms with van der Waals surface area (Å²) in [4.78, 5) is 11.1. The van der Waals surface area contributed by atoms with Crippen LogP contribution in [-0.4, -0.2) is 5.91 Å². The molecule has 1 amide bonds. The molecule has 1 aliphatic rings. The fraction of sp³-hybridized carbons (Fsp3) is 0.333. The van der Waals surface area contributed by atoms with Gasteiger partial charge in [0.05, 0.1) is 0 Å². The van der Waals surface area contributed by atoms with E-state index in [0.717, 1.165) is 5.56 Å². The van der Waals surface area contributed by atoms with Crippen molar-refractivity contribution in [2.45, 2.75) is 19.3 Å². The number of carbonyl (C=O) groups excluding carboxylic acids is 1. The second-order valence-corrected chi connectivity index (χ2v) is 3.81. The Bertz CT molecular complexity index is 342. The van der Waals surface area contributed by atoms with E-state index in [9.17, 15) is 4.79 Å². The van der Waals surface area contributed by atoms with Crippen LogP contribution < -0.4 is 5.73 Å². The Kier molecular flexibility index (Phi) is 2.53. The van der Waals surface area contributed by atoms with Crippen LogP contribution in [0.2, 0.25) is 0 Å². The van der Waals surface area contributed by atoms with Crippen LogP contribution in [0, 0.1) is 12.3 Å². The molecule has 0 atom stereocenters. The van der Waals surface area contributed by atoms with Crippen LogP contribution in [0.25, 0.3) is 0 Å². The third kappa shape index (κ3) is 1.79. The monoisotopic (exact) mass is 188 g/mol. The van der Waals surface area contributed by atoms with E-state index in [4.69, 9.17) is 5.73 Å². The summed E-state index contributed by atoms with van der Waals surface area (Å²) in [5.74, 6) is 0.312. The highest BCUT2D eigenvalue weighted by Crippen LogP contribution is 2.32. The van der Waals surface area contributed by atoms with Crippen molar-refractivity contribution in [3.63, 3.8) is 0 Å². The zero-order chi connectivity index (χ0) is 9.97. The van der Waals surface area contributed by atoms with E-state index in [-0.39, 0.29) is 5.91 Å². The topological polar surface area (TPSA) is 43.1 Å². The fourth-order valence-electron chi connectivity index (χ4n) is 1.73. The van der Waals surface area contributed by atoms with Crippen molar-refractivity contribution in [1.82, 2.24) is 0 Å². The summed E-state index contributed by atoms with van der Waals surface area (Å²) in [6.07, 6.45) is 5.96. The maximum atomic E-state index is 11.1. The molecule has 0 aliphatic heterocycles. The lowest BCUT2D eigenvalue weighted by Gasteiger charge is -2.25. The first kappa shape index (κ1) is 9.25. The number of benzene rings is 1. The van der Waals surface area contributed by atoms with E-state index in [1.54, 1.807) is 6.07 Å². The number of primary amides is 1. The third-order valence-corrected chi connectivity index (χ3v) is 2.79. The predicted octanol–water partition coefficient (Wildman–Crippen LogP) is 2.14. The Hall–Kier alpha value is -1.31. The molecule has 0 spiro atoms. The van der Waals surface area contributed by atoms with Crippen LogP contribution in [0.3, 0.4) is 0 Å². The van der Waals surface area contributed by atoms with Crippen molar-refractivity contribution >= 4 is 5.91 Å². The van der Waals surface area contributed by atoms with Gasteiger partial charge in [0.1, 0.15) is 0 Å². The molecule has 0 unspecified atom stereocenters. The number of rotatable bonds is 3. The number of hydrogen-bond donors (Lipinski definition) is 1. The summed E-state index contributed by atoms with van der Waals surface area (Å²) in [6.45, 7) is 0. The van der Waals surface area contributed by atoms with Gasteiger partial charge in [0.2, 0.25) is 5.91 Å². The highest BCUT2D eigenvalue weighted by molar-refractivity contribution is 5.94. The van der Waals surface area contributed by atoms with Gasteiger partial charge < -0.3 is 5.73 Å². The van der Waals surface area contributed by atoms with Crippen molar-refractivity contribution in [3.05, 3.63) is 41.8 Å². The Balaban J connectivity index is 2.17. The van der Waals surface area contributed by atoms with Gasteiger partial charge in [-0.05, 0) is 36.8 Å². The SMILES string of the molecule is NC(=O)c1ccccc1[CH]C1CCC1. The lowest BCUT2D eigenvalue weighted by Crippen LogP contribution is -2.17. The molecule has 1 aromatic carbocycles. The number of nitrogens with two attached hydrogens (primary N) is 1. The van der Waals surface area contributed by atoms with Crippen molar-refractivity contribution in [3.8, 4) is 0 Å². The zero-order valence-corrected chi connectivity index (χ0v) is 8.07. The van der Waals surface area contributed by atoms with Crippen molar-refractivity contribution in [2.24, 2.45) is 11.7 Å². The molecule has 2 N–H and O–H groups in total. The standard InChI is InChI=1S/C12H14NO/c13-12(14)11-7-2-1-6-10(11)8-9-4-3-5-9/h1-2,6-9H,3-5H2,(H2,13,14). The van der Waals surface area contributed by atoms with Crippen LogP contribution in [0.5, 0.6) is 0 Å². The van der Waals surface area contributed by atoms with Gasteiger partial charge in [-0.2, -0.15) is 0 Å². The molecule has 0 saturated heterocycles. The highest BCUT2D eigenvalue weighted by atomic mass is 16.1. The van der Waals surface area contributed by atoms with E-state index in [2.05, 4.69) is 6.42 Å². The normalized spacial score (nSPS) is 16.3. The molecule has 0 bridgehead atoms. The molecule has 2 rings (SSSR count). The van der Waals surface area contributed by atoms with Crippen LogP contribution in [-0.2, 0) is 0 Å². The Morgan fingerprint density at radius 1 is 1.36 bits per heavy atom. The maximum absolute atomic E-state index is 11.1. The van der Waals surface area contributed by atoms with Crippen molar-refractivity contribution < 1.29 is 4.79 Å². The molecule has 1 saturated carbocycles. The van der Waals surface area contributed by atoms with Gasteiger partial charge in [0.15, 0.2) is 0 Å². The molecule has 2 nitrogen and oxygen atoms in total. The first-order valence-corrected chi connectivity index (χ1v) is 5.01. The summed E-state index contributed by atoms with van der Waals surface area (Å²) in [5, 5.41) is 0. The van der Waals surface area contributed by atoms with E-state index in [0.29, 0.717) is 11.5 Å². The van der Waals surface area contributed by atoms with Gasteiger partial charge >= 0.3 is 0 Å². The number of carbonyl (C=O) groups is 1. The lowest BCUT2D eigenvalue weighted by atomic mass is 9.80. The highest BCUT2D eigenvalue weighted by Gasteiger charge is 2.20. The summed E-state index contributed by atoms with van der Waals surface area (Å²) in [6, 6.07) is 7.53. The van der Waals surface area contributed by atoms with E-state index < -0.39 is 0 Å². The summed E-state index contributed by atoms with van der Waals surface area (Å²) < 4.78 is 0. The van der Waals surface area contributed by atoms with Gasteiger partial charge in [0, 0.05) is 5.56 Å². The second kappa shape index (κ2) is 3.82. The predicted molar refractivity (Wildman–Crippen MR) is 55.7 cm³/mol. The second-order valence-electron chi connectivity index (χ2n) is 3.81. The smallest absolute Gasteiger partial charge is 0.248 e. The molecule has 1 aliphatic carbocycles. The molecule has 1 aromatic rings. The van der Waals surface area contributed by atoms with Crippen LogP contribution in [0.15, 0.2) is 24.3 Å². The average molecular weight is 188 g/mol. The van der Waals surface area contributed by atoms with Crippen LogP contribution in [0.1, 0.15) is 35.2 Å². The molecule has 1 radical (unpaired) electrons. The summed E-state index contributed by atoms with van der Waals surface area (Å²) >= 11 is 0. The van der Waals surface area contributed by atoms with Crippen LogP contribution in [0.4, 0.5) is 0 Å². The van der Waals surface area contributed by atoms with Gasteiger partial charge in [-0.1, -0.05) is 24.6 Å². The minimum absolute atomic E-state index is 0.337. The molecule has 2 heteroatoms. The van der Waals surface area contributed by atoms with E-state index >= 15 is 0 Å². The quantitative estimate of drug-likeness (QED) is 0.775. The average Bonchev–Trinajstić information content (AvgIpc) is 2.12. The molecular weight excluding hydrogens is 174 g/mol. The number of amides is 1.